The van der Waals surface area contributed by atoms with E-state index in [-0.39, 0.29) is 5.82 Å². The van der Waals surface area contributed by atoms with E-state index in [1.807, 2.05) is 23.9 Å². The molecule has 1 aliphatic carbocycles. The smallest absolute Gasteiger partial charge is 0.123 e. The maximum atomic E-state index is 12.9. The fourth-order valence-electron chi connectivity index (χ4n) is 3.07. The average molecular weight is 308 g/mol. The molecule has 1 saturated heterocycles. The summed E-state index contributed by atoms with van der Waals surface area (Å²) in [6.07, 6.45) is 5.42. The maximum Gasteiger partial charge on any atom is 0.123 e. The zero-order valence-corrected chi connectivity index (χ0v) is 13.4. The lowest BCUT2D eigenvalue weighted by atomic mass is 9.97. The molecule has 116 valence electrons. The molecule has 2 nitrogen and oxygen atoms in total. The van der Waals surface area contributed by atoms with E-state index >= 15 is 0 Å². The lowest BCUT2D eigenvalue weighted by molar-refractivity contribution is 0.207. The first-order valence-corrected chi connectivity index (χ1v) is 9.13. The summed E-state index contributed by atoms with van der Waals surface area (Å²) in [5, 5.41) is 3.45. The molecule has 4 heteroatoms. The Kier molecular flexibility index (Phi) is 5.55. The van der Waals surface area contributed by atoms with Crippen LogP contribution in [0.4, 0.5) is 4.39 Å². The Balaban J connectivity index is 1.43. The largest absolute Gasteiger partial charge is 0.317 e. The Morgan fingerprint density at radius 1 is 1.10 bits per heavy atom. The first-order valence-electron chi connectivity index (χ1n) is 8.14. The van der Waals surface area contributed by atoms with Gasteiger partial charge in [-0.3, -0.25) is 4.90 Å². The third-order valence-electron chi connectivity index (χ3n) is 4.48. The molecular weight excluding hydrogens is 283 g/mol. The zero-order valence-electron chi connectivity index (χ0n) is 12.6. The number of hydrogen-bond acceptors (Lipinski definition) is 3. The van der Waals surface area contributed by atoms with E-state index in [1.165, 1.54) is 50.2 Å². The minimum absolute atomic E-state index is 0.148. The van der Waals surface area contributed by atoms with Crippen LogP contribution in [0.3, 0.4) is 0 Å². The molecule has 1 aromatic carbocycles. The second-order valence-corrected chi connectivity index (χ2v) is 7.39. The van der Waals surface area contributed by atoms with Gasteiger partial charge in [-0.1, -0.05) is 0 Å². The number of piperidine rings is 1. The topological polar surface area (TPSA) is 15.3 Å². The third kappa shape index (κ3) is 4.97. The van der Waals surface area contributed by atoms with Gasteiger partial charge in [0.05, 0.1) is 0 Å². The van der Waals surface area contributed by atoms with Crippen LogP contribution >= 0.6 is 11.8 Å². The first kappa shape index (κ1) is 15.3. The van der Waals surface area contributed by atoms with Crippen LogP contribution in [-0.4, -0.2) is 42.9 Å². The molecule has 0 bridgehead atoms. The number of nitrogens with one attached hydrogen (secondary N) is 1. The molecule has 0 amide bonds. The highest BCUT2D eigenvalue weighted by molar-refractivity contribution is 7.99. The monoisotopic (exact) mass is 308 g/mol. The molecule has 0 aromatic heterocycles. The highest BCUT2D eigenvalue weighted by Gasteiger charge is 2.30. The minimum atomic E-state index is -0.148. The molecule has 1 aromatic rings. The van der Waals surface area contributed by atoms with Crippen molar-refractivity contribution >= 4 is 11.8 Å². The van der Waals surface area contributed by atoms with Crippen LogP contribution in [0, 0.1) is 11.7 Å². The van der Waals surface area contributed by atoms with Crippen molar-refractivity contribution in [3.05, 3.63) is 30.1 Å². The molecule has 0 atom stereocenters. The van der Waals surface area contributed by atoms with Crippen molar-refractivity contribution in [2.24, 2.45) is 5.92 Å². The molecule has 1 N–H and O–H groups in total. The van der Waals surface area contributed by atoms with Crippen LogP contribution in [0.5, 0.6) is 0 Å². The van der Waals surface area contributed by atoms with Crippen molar-refractivity contribution in [2.75, 3.05) is 31.9 Å². The van der Waals surface area contributed by atoms with E-state index < -0.39 is 0 Å². The molecule has 1 aliphatic heterocycles. The molecule has 0 radical (unpaired) electrons. The summed E-state index contributed by atoms with van der Waals surface area (Å²) < 4.78 is 12.9. The highest BCUT2D eigenvalue weighted by Crippen LogP contribution is 2.29. The van der Waals surface area contributed by atoms with Gasteiger partial charge in [0.15, 0.2) is 0 Å². The first-order chi connectivity index (χ1) is 10.3. The predicted molar refractivity (Wildman–Crippen MR) is 87.3 cm³/mol. The maximum absolute atomic E-state index is 12.9. The molecule has 3 rings (SSSR count). The fourth-order valence-corrected chi connectivity index (χ4v) is 3.96. The summed E-state index contributed by atoms with van der Waals surface area (Å²) in [5.41, 5.74) is 0. The summed E-state index contributed by atoms with van der Waals surface area (Å²) >= 11 is 1.84. The molecule has 2 fully saturated rings. The fraction of sp³-hybridized carbons (Fsp3) is 0.647. The summed E-state index contributed by atoms with van der Waals surface area (Å²) in [4.78, 5) is 3.88. The molecule has 1 saturated carbocycles. The quantitative estimate of drug-likeness (QED) is 0.777. The number of benzene rings is 1. The lowest BCUT2D eigenvalue weighted by Crippen LogP contribution is -2.38. The van der Waals surface area contributed by atoms with E-state index in [0.29, 0.717) is 0 Å². The predicted octanol–water partition coefficient (Wildman–Crippen LogP) is 3.38. The van der Waals surface area contributed by atoms with Crippen molar-refractivity contribution in [3.8, 4) is 0 Å². The van der Waals surface area contributed by atoms with Crippen LogP contribution in [0.2, 0.25) is 0 Å². The van der Waals surface area contributed by atoms with E-state index in [1.54, 1.807) is 12.1 Å². The summed E-state index contributed by atoms with van der Waals surface area (Å²) in [6, 6.07) is 7.71. The van der Waals surface area contributed by atoms with Gasteiger partial charge in [-0.15, -0.1) is 11.8 Å². The molecule has 2 aliphatic rings. The van der Waals surface area contributed by atoms with Crippen molar-refractivity contribution in [2.45, 2.75) is 36.6 Å². The van der Waals surface area contributed by atoms with Gasteiger partial charge in [0.25, 0.3) is 0 Å². The average Bonchev–Trinajstić information content (AvgIpc) is 3.34. The normalized spacial score (nSPS) is 20.1. The highest BCUT2D eigenvalue weighted by atomic mass is 32.2. The Labute approximate surface area is 131 Å². The van der Waals surface area contributed by atoms with Gasteiger partial charge in [0.2, 0.25) is 0 Å². The number of nitrogens with zero attached hydrogens (tertiary/aromatic N) is 1. The summed E-state index contributed by atoms with van der Waals surface area (Å²) in [5.74, 6) is 1.83. The van der Waals surface area contributed by atoms with Crippen molar-refractivity contribution in [3.63, 3.8) is 0 Å². The van der Waals surface area contributed by atoms with E-state index in [4.69, 9.17) is 0 Å². The van der Waals surface area contributed by atoms with Crippen LogP contribution in [0.25, 0.3) is 0 Å². The third-order valence-corrected chi connectivity index (χ3v) is 5.47. The Morgan fingerprint density at radius 3 is 2.48 bits per heavy atom. The van der Waals surface area contributed by atoms with E-state index in [0.717, 1.165) is 24.3 Å². The summed E-state index contributed by atoms with van der Waals surface area (Å²) in [7, 11) is 0. The van der Waals surface area contributed by atoms with Gasteiger partial charge in [0.1, 0.15) is 5.82 Å². The standard InChI is InChI=1S/C17H25FN2S/c18-15-1-5-17(6-2-15)21-12-11-20(16-3-4-16)13-14-7-9-19-10-8-14/h1-2,5-6,14,16,19H,3-4,7-13H2. The lowest BCUT2D eigenvalue weighted by Gasteiger charge is -2.30. The molecule has 0 unspecified atom stereocenters. The van der Waals surface area contributed by atoms with Gasteiger partial charge < -0.3 is 5.32 Å². The van der Waals surface area contributed by atoms with E-state index in [2.05, 4.69) is 10.2 Å². The van der Waals surface area contributed by atoms with Crippen molar-refractivity contribution < 1.29 is 4.39 Å². The van der Waals surface area contributed by atoms with Gasteiger partial charge in [0, 0.05) is 29.8 Å². The zero-order chi connectivity index (χ0) is 14.5. The van der Waals surface area contributed by atoms with Gasteiger partial charge >= 0.3 is 0 Å². The van der Waals surface area contributed by atoms with Gasteiger partial charge in [-0.2, -0.15) is 0 Å². The van der Waals surface area contributed by atoms with Gasteiger partial charge in [-0.25, -0.2) is 4.39 Å². The van der Waals surface area contributed by atoms with Crippen LogP contribution in [-0.2, 0) is 0 Å². The van der Waals surface area contributed by atoms with E-state index in [9.17, 15) is 4.39 Å². The van der Waals surface area contributed by atoms with Crippen molar-refractivity contribution in [1.29, 1.82) is 0 Å². The molecular formula is C17H25FN2S. The minimum Gasteiger partial charge on any atom is -0.317 e. The second kappa shape index (κ2) is 7.61. The Morgan fingerprint density at radius 2 is 1.81 bits per heavy atom. The molecule has 1 heterocycles. The molecule has 0 spiro atoms. The summed E-state index contributed by atoms with van der Waals surface area (Å²) in [6.45, 7) is 4.81. The Hall–Kier alpha value is -0.580. The van der Waals surface area contributed by atoms with Crippen LogP contribution in [0.1, 0.15) is 25.7 Å². The van der Waals surface area contributed by atoms with Crippen LogP contribution in [0.15, 0.2) is 29.2 Å². The SMILES string of the molecule is Fc1ccc(SCCN(CC2CCNCC2)C2CC2)cc1. The van der Waals surface area contributed by atoms with Crippen LogP contribution < -0.4 is 5.32 Å². The number of hydrogen-bond donors (Lipinski definition) is 1. The number of halogens is 1. The van der Waals surface area contributed by atoms with Gasteiger partial charge in [-0.05, 0) is 69.0 Å². The second-order valence-electron chi connectivity index (χ2n) is 6.22. The Bertz CT molecular complexity index is 427. The number of thioether (sulfide) groups is 1. The molecule has 21 heavy (non-hydrogen) atoms. The van der Waals surface area contributed by atoms with Crippen molar-refractivity contribution in [1.82, 2.24) is 10.2 Å². The number of rotatable bonds is 7.